The van der Waals surface area contributed by atoms with Gasteiger partial charge in [-0.05, 0) is 0 Å². The lowest BCUT2D eigenvalue weighted by Gasteiger charge is -2.11. The highest BCUT2D eigenvalue weighted by Gasteiger charge is 2.29. The second-order valence-electron chi connectivity index (χ2n) is 2.89. The molecule has 1 rings (SSSR count). The number of aromatic nitrogens is 1. The molecule has 5 nitrogen and oxygen atoms in total. The zero-order valence-electron chi connectivity index (χ0n) is 8.18. The molecule has 0 aliphatic heterocycles. The summed E-state index contributed by atoms with van der Waals surface area (Å²) in [5.41, 5.74) is 1.40. The summed E-state index contributed by atoms with van der Waals surface area (Å²) in [5, 5.41) is 15.5. The molecular formula is C8H7ClF3N3O2. The van der Waals surface area contributed by atoms with E-state index >= 15 is 0 Å². The Kier molecular flexibility index (Phi) is 4.13. The first-order valence-corrected chi connectivity index (χ1v) is 4.55. The molecule has 0 unspecified atom stereocenters. The Morgan fingerprint density at radius 1 is 1.59 bits per heavy atom. The van der Waals surface area contributed by atoms with Crippen molar-refractivity contribution in [2.45, 2.75) is 6.18 Å². The highest BCUT2D eigenvalue weighted by molar-refractivity contribution is 6.32. The molecule has 1 heterocycles. The van der Waals surface area contributed by atoms with Gasteiger partial charge in [0, 0.05) is 6.07 Å². The first-order chi connectivity index (χ1) is 7.83. The molecule has 0 amide bonds. The Bertz CT molecular complexity index is 425. The van der Waals surface area contributed by atoms with Gasteiger partial charge in [0.05, 0.1) is 6.20 Å². The van der Waals surface area contributed by atoms with Crippen LogP contribution in [0.25, 0.3) is 0 Å². The molecule has 0 spiro atoms. The maximum atomic E-state index is 11.9. The fraction of sp³-hybridized carbons (Fsp3) is 0.250. The molecule has 0 saturated carbocycles. The lowest BCUT2D eigenvalue weighted by molar-refractivity contribution is -0.153. The molecule has 0 aromatic carbocycles. The van der Waals surface area contributed by atoms with E-state index in [0.717, 1.165) is 12.3 Å². The first-order valence-electron chi connectivity index (χ1n) is 4.17. The quantitative estimate of drug-likeness (QED) is 0.445. The van der Waals surface area contributed by atoms with E-state index in [1.54, 1.807) is 0 Å². The number of rotatable bonds is 3. The number of hydroxylamine groups is 1. The van der Waals surface area contributed by atoms with E-state index in [4.69, 9.17) is 22.2 Å². The lowest BCUT2D eigenvalue weighted by Crippen LogP contribution is -2.21. The summed E-state index contributed by atoms with van der Waals surface area (Å²) >= 11 is 5.56. The summed E-state index contributed by atoms with van der Waals surface area (Å²) < 4.78 is 40.2. The Hall–Kier alpha value is -1.54. The predicted octanol–water partition coefficient (Wildman–Crippen LogP) is 1.98. The average Bonchev–Trinajstić information content (AvgIpc) is 2.26. The molecule has 0 aliphatic carbocycles. The van der Waals surface area contributed by atoms with E-state index < -0.39 is 18.6 Å². The molecule has 1 aromatic heterocycles. The lowest BCUT2D eigenvalue weighted by atomic mass is 10.3. The van der Waals surface area contributed by atoms with Crippen LogP contribution in [0.2, 0.25) is 5.02 Å². The van der Waals surface area contributed by atoms with Gasteiger partial charge in [0.25, 0.3) is 0 Å². The Morgan fingerprint density at radius 2 is 2.24 bits per heavy atom. The monoisotopic (exact) mass is 269 g/mol. The number of alkyl halides is 3. The van der Waals surface area contributed by atoms with E-state index in [9.17, 15) is 13.2 Å². The smallest absolute Gasteiger partial charge is 0.422 e. The summed E-state index contributed by atoms with van der Waals surface area (Å²) in [5.74, 6) is -0.757. The number of pyridine rings is 1. The maximum Gasteiger partial charge on any atom is 0.422 e. The van der Waals surface area contributed by atoms with Crippen LogP contribution in [0, 0.1) is 5.41 Å². The molecular weight excluding hydrogens is 263 g/mol. The molecule has 9 heteroatoms. The fourth-order valence-electron chi connectivity index (χ4n) is 0.884. The van der Waals surface area contributed by atoms with Gasteiger partial charge < -0.3 is 4.74 Å². The molecule has 0 atom stereocenters. The van der Waals surface area contributed by atoms with Crippen molar-refractivity contribution in [3.63, 3.8) is 0 Å². The fourth-order valence-corrected chi connectivity index (χ4v) is 1.04. The van der Waals surface area contributed by atoms with Crippen molar-refractivity contribution >= 4 is 17.4 Å². The highest BCUT2D eigenvalue weighted by Crippen LogP contribution is 2.26. The number of nitrogens with one attached hydrogen (secondary N) is 2. The maximum absolute atomic E-state index is 11.9. The van der Waals surface area contributed by atoms with Crippen molar-refractivity contribution in [2.75, 3.05) is 6.61 Å². The summed E-state index contributed by atoms with van der Waals surface area (Å²) in [7, 11) is 0. The van der Waals surface area contributed by atoms with Gasteiger partial charge in [0.2, 0.25) is 0 Å². The van der Waals surface area contributed by atoms with Crippen LogP contribution in [0.15, 0.2) is 12.3 Å². The highest BCUT2D eigenvalue weighted by atomic mass is 35.5. The largest absolute Gasteiger partial charge is 0.482 e. The topological polar surface area (TPSA) is 78.2 Å². The van der Waals surface area contributed by atoms with Crippen LogP contribution in [0.1, 0.15) is 5.69 Å². The molecule has 0 saturated heterocycles. The summed E-state index contributed by atoms with van der Waals surface area (Å²) in [6, 6.07) is 1.01. The van der Waals surface area contributed by atoms with Crippen LogP contribution in [0.3, 0.4) is 0 Å². The zero-order chi connectivity index (χ0) is 13.1. The third-order valence-electron chi connectivity index (χ3n) is 1.58. The molecule has 0 aliphatic rings. The predicted molar refractivity (Wildman–Crippen MR) is 52.5 cm³/mol. The average molecular weight is 270 g/mol. The van der Waals surface area contributed by atoms with Gasteiger partial charge in [-0.3, -0.25) is 21.1 Å². The van der Waals surface area contributed by atoms with Gasteiger partial charge in [-0.2, -0.15) is 13.2 Å². The van der Waals surface area contributed by atoms with Crippen LogP contribution in [0.4, 0.5) is 13.2 Å². The van der Waals surface area contributed by atoms with Gasteiger partial charge in [-0.1, -0.05) is 11.6 Å². The Morgan fingerprint density at radius 3 is 2.76 bits per heavy atom. The number of hydrogen-bond donors (Lipinski definition) is 3. The van der Waals surface area contributed by atoms with Crippen molar-refractivity contribution in [2.24, 2.45) is 0 Å². The number of nitrogens with zero attached hydrogens (tertiary/aromatic N) is 1. The van der Waals surface area contributed by atoms with Gasteiger partial charge >= 0.3 is 6.18 Å². The number of amidine groups is 1. The standard InChI is InChI=1S/C8H7ClF3N3O2/c9-4-2-14-5(7(13)15-16)1-6(4)17-3-8(10,11)12/h1-2,16H,3H2,(H2,13,15). The van der Waals surface area contributed by atoms with Crippen LogP contribution in [0.5, 0.6) is 5.75 Å². The van der Waals surface area contributed by atoms with Crippen LogP contribution < -0.4 is 10.2 Å². The van der Waals surface area contributed by atoms with Crippen molar-refractivity contribution < 1.29 is 23.1 Å². The number of ether oxygens (including phenoxy) is 1. The normalized spacial score (nSPS) is 11.1. The van der Waals surface area contributed by atoms with E-state index in [1.807, 2.05) is 0 Å². The van der Waals surface area contributed by atoms with E-state index in [-0.39, 0.29) is 16.5 Å². The summed E-state index contributed by atoms with van der Waals surface area (Å²) in [6.45, 7) is -1.50. The minimum absolute atomic E-state index is 0.103. The minimum Gasteiger partial charge on any atom is -0.482 e. The SMILES string of the molecule is N=C(NO)c1cc(OCC(F)(F)F)c(Cl)cn1. The molecule has 0 fully saturated rings. The van der Waals surface area contributed by atoms with Crippen LogP contribution in [-0.2, 0) is 0 Å². The van der Waals surface area contributed by atoms with Crippen molar-refractivity contribution in [1.82, 2.24) is 10.5 Å². The van der Waals surface area contributed by atoms with E-state index in [1.165, 1.54) is 5.48 Å². The molecule has 17 heavy (non-hydrogen) atoms. The Labute approximate surface area is 98.6 Å². The third-order valence-corrected chi connectivity index (χ3v) is 1.86. The summed E-state index contributed by atoms with van der Waals surface area (Å²) in [4.78, 5) is 3.61. The van der Waals surface area contributed by atoms with Crippen molar-refractivity contribution in [3.05, 3.63) is 23.0 Å². The minimum atomic E-state index is -4.49. The second-order valence-corrected chi connectivity index (χ2v) is 3.30. The number of halogens is 4. The van der Waals surface area contributed by atoms with Crippen LogP contribution in [-0.4, -0.2) is 28.8 Å². The second kappa shape index (κ2) is 5.19. The number of hydrogen-bond acceptors (Lipinski definition) is 4. The van der Waals surface area contributed by atoms with Gasteiger partial charge in [0.1, 0.15) is 16.5 Å². The van der Waals surface area contributed by atoms with Crippen molar-refractivity contribution in [3.8, 4) is 5.75 Å². The van der Waals surface area contributed by atoms with Gasteiger partial charge in [-0.25, -0.2) is 0 Å². The van der Waals surface area contributed by atoms with Gasteiger partial charge in [0.15, 0.2) is 12.4 Å². The van der Waals surface area contributed by atoms with E-state index in [2.05, 4.69) is 9.72 Å². The molecule has 0 bridgehead atoms. The molecule has 0 radical (unpaired) electrons. The molecule has 94 valence electrons. The zero-order valence-corrected chi connectivity index (χ0v) is 8.93. The Balaban J connectivity index is 2.87. The summed E-state index contributed by atoms with van der Waals surface area (Å²) in [6.07, 6.45) is -3.47. The van der Waals surface area contributed by atoms with Gasteiger partial charge in [-0.15, -0.1) is 0 Å². The molecule has 1 aromatic rings. The van der Waals surface area contributed by atoms with Crippen LogP contribution >= 0.6 is 11.6 Å². The molecule has 3 N–H and O–H groups in total. The first kappa shape index (κ1) is 13.5. The third kappa shape index (κ3) is 4.08. The van der Waals surface area contributed by atoms with E-state index in [0.29, 0.717) is 0 Å². The van der Waals surface area contributed by atoms with Crippen molar-refractivity contribution in [1.29, 1.82) is 5.41 Å².